The lowest BCUT2D eigenvalue weighted by Crippen LogP contribution is -1.98. The zero-order valence-corrected chi connectivity index (χ0v) is 21.6. The number of oxazole rings is 1. The lowest BCUT2D eigenvalue weighted by Gasteiger charge is -2.15. The van der Waals surface area contributed by atoms with Crippen LogP contribution in [0.4, 0.5) is 0 Å². The number of thiophene rings is 1. The molecule has 5 heteroatoms. The first kappa shape index (κ1) is 22.0. The van der Waals surface area contributed by atoms with E-state index in [1.807, 2.05) is 42.6 Å². The second-order valence-corrected chi connectivity index (χ2v) is 10.4. The highest BCUT2D eigenvalue weighted by atomic mass is 32.1. The molecule has 0 aliphatic rings. The van der Waals surface area contributed by atoms with Crippen LogP contribution in [0.3, 0.4) is 0 Å². The molecule has 4 aromatic carbocycles. The van der Waals surface area contributed by atoms with E-state index in [0.717, 1.165) is 44.6 Å². The maximum atomic E-state index is 6.16. The number of fused-ring (bicyclic) bond motifs is 4. The number of aromatic nitrogens is 3. The van der Waals surface area contributed by atoms with Crippen molar-refractivity contribution < 1.29 is 4.42 Å². The van der Waals surface area contributed by atoms with Crippen LogP contribution in [0.1, 0.15) is 0 Å². The molecule has 0 radical (unpaired) electrons. The van der Waals surface area contributed by atoms with Gasteiger partial charge in [-0.2, -0.15) is 0 Å². The predicted molar refractivity (Wildman–Crippen MR) is 160 cm³/mol. The molecule has 39 heavy (non-hydrogen) atoms. The normalized spacial score (nSPS) is 11.6. The van der Waals surface area contributed by atoms with Gasteiger partial charge in [0.25, 0.3) is 0 Å². The van der Waals surface area contributed by atoms with Gasteiger partial charge in [-0.3, -0.25) is 4.98 Å². The smallest absolute Gasteiger partial charge is 0.227 e. The molecule has 0 spiro atoms. The molecule has 4 nitrogen and oxygen atoms in total. The van der Waals surface area contributed by atoms with Crippen molar-refractivity contribution in [3.05, 3.63) is 127 Å². The third-order valence-electron chi connectivity index (χ3n) is 7.20. The summed E-state index contributed by atoms with van der Waals surface area (Å²) in [6, 6.07) is 39.9. The molecular weight excluding hydrogens is 498 g/mol. The van der Waals surface area contributed by atoms with Gasteiger partial charge in [-0.05, 0) is 60.0 Å². The van der Waals surface area contributed by atoms with E-state index in [2.05, 4.69) is 93.8 Å². The number of nitrogens with zero attached hydrogens (tertiary/aromatic N) is 3. The Kier molecular flexibility index (Phi) is 4.96. The van der Waals surface area contributed by atoms with E-state index in [1.54, 1.807) is 11.3 Å². The number of benzene rings is 4. The molecule has 0 bridgehead atoms. The fraction of sp³-hybridized carbons (Fsp3) is 0. The molecule has 184 valence electrons. The predicted octanol–water partition coefficient (Wildman–Crippen LogP) is 9.38. The van der Waals surface area contributed by atoms with Crippen LogP contribution in [0.15, 0.2) is 131 Å². The molecule has 0 amide bonds. The van der Waals surface area contributed by atoms with Gasteiger partial charge in [0.1, 0.15) is 5.52 Å². The zero-order chi connectivity index (χ0) is 25.8. The lowest BCUT2D eigenvalue weighted by atomic mass is 10.0. The Labute approximate surface area is 228 Å². The molecule has 0 aliphatic carbocycles. The van der Waals surface area contributed by atoms with Crippen LogP contribution in [0.5, 0.6) is 0 Å². The second-order valence-electron chi connectivity index (χ2n) is 9.50. The minimum atomic E-state index is 0.621. The molecule has 0 saturated carbocycles. The topological polar surface area (TPSA) is 43.9 Å². The number of hydrogen-bond acceptors (Lipinski definition) is 4. The van der Waals surface area contributed by atoms with E-state index < -0.39 is 0 Å². The van der Waals surface area contributed by atoms with Gasteiger partial charge in [-0.25, -0.2) is 4.98 Å². The Balaban J connectivity index is 1.44. The van der Waals surface area contributed by atoms with E-state index in [-0.39, 0.29) is 0 Å². The number of para-hydroxylation sites is 3. The van der Waals surface area contributed by atoms with E-state index in [0.29, 0.717) is 5.89 Å². The minimum Gasteiger partial charge on any atom is -0.436 e. The monoisotopic (exact) mass is 519 g/mol. The van der Waals surface area contributed by atoms with Gasteiger partial charge in [0.2, 0.25) is 5.89 Å². The van der Waals surface area contributed by atoms with Crippen molar-refractivity contribution in [3.63, 3.8) is 0 Å². The molecule has 0 N–H and O–H groups in total. The minimum absolute atomic E-state index is 0.621. The lowest BCUT2D eigenvalue weighted by molar-refractivity contribution is 0.620. The van der Waals surface area contributed by atoms with Gasteiger partial charge in [-0.1, -0.05) is 60.7 Å². The highest BCUT2D eigenvalue weighted by Gasteiger charge is 2.19. The highest BCUT2D eigenvalue weighted by molar-refractivity contribution is 7.13. The molecule has 0 aliphatic heterocycles. The summed E-state index contributed by atoms with van der Waals surface area (Å²) in [5, 5.41) is 4.52. The summed E-state index contributed by atoms with van der Waals surface area (Å²) < 4.78 is 8.53. The van der Waals surface area contributed by atoms with Crippen LogP contribution < -0.4 is 0 Å². The first-order chi connectivity index (χ1) is 19.3. The Hall–Kier alpha value is -5.00. The molecule has 0 atom stereocenters. The summed E-state index contributed by atoms with van der Waals surface area (Å²) in [6.45, 7) is 0. The zero-order valence-electron chi connectivity index (χ0n) is 20.8. The summed E-state index contributed by atoms with van der Waals surface area (Å²) in [5.41, 5.74) is 9.16. The fourth-order valence-electron chi connectivity index (χ4n) is 5.41. The highest BCUT2D eigenvalue weighted by Crippen LogP contribution is 2.40. The molecular formula is C34H21N3OS. The summed E-state index contributed by atoms with van der Waals surface area (Å²) in [7, 11) is 0. The third kappa shape index (κ3) is 3.59. The van der Waals surface area contributed by atoms with Gasteiger partial charge in [0.15, 0.2) is 5.58 Å². The molecule has 8 aromatic rings. The maximum Gasteiger partial charge on any atom is 0.227 e. The van der Waals surface area contributed by atoms with Crippen molar-refractivity contribution >= 4 is 44.2 Å². The Morgan fingerprint density at radius 2 is 1.51 bits per heavy atom. The Bertz CT molecular complexity index is 2090. The van der Waals surface area contributed by atoms with Crippen molar-refractivity contribution in [1.29, 1.82) is 0 Å². The quantitative estimate of drug-likeness (QED) is 0.233. The van der Waals surface area contributed by atoms with Gasteiger partial charge in [-0.15, -0.1) is 11.3 Å². The van der Waals surface area contributed by atoms with Crippen LogP contribution in [0, 0.1) is 0 Å². The number of rotatable bonds is 4. The van der Waals surface area contributed by atoms with E-state index in [9.17, 15) is 0 Å². The summed E-state index contributed by atoms with van der Waals surface area (Å²) >= 11 is 1.75. The van der Waals surface area contributed by atoms with Crippen LogP contribution >= 0.6 is 11.3 Å². The number of pyridine rings is 1. The molecule has 4 heterocycles. The second kappa shape index (κ2) is 8.79. The van der Waals surface area contributed by atoms with E-state index in [4.69, 9.17) is 9.40 Å². The first-order valence-electron chi connectivity index (χ1n) is 12.8. The average Bonchev–Trinajstić information content (AvgIpc) is 3.75. The third-order valence-corrected chi connectivity index (χ3v) is 8.10. The average molecular weight is 520 g/mol. The Morgan fingerprint density at radius 1 is 0.667 bits per heavy atom. The summed E-state index contributed by atoms with van der Waals surface area (Å²) in [4.78, 5) is 10.6. The van der Waals surface area contributed by atoms with Gasteiger partial charge >= 0.3 is 0 Å². The molecule has 0 unspecified atom stereocenters. The van der Waals surface area contributed by atoms with Gasteiger partial charge < -0.3 is 8.98 Å². The summed E-state index contributed by atoms with van der Waals surface area (Å²) in [6.07, 6.45) is 1.84. The van der Waals surface area contributed by atoms with Crippen molar-refractivity contribution in [1.82, 2.24) is 14.5 Å². The van der Waals surface area contributed by atoms with Crippen LogP contribution in [0.2, 0.25) is 0 Å². The molecule has 8 rings (SSSR count). The van der Waals surface area contributed by atoms with Crippen LogP contribution in [0.25, 0.3) is 71.7 Å². The fourth-order valence-corrected chi connectivity index (χ4v) is 6.17. The Morgan fingerprint density at radius 3 is 2.38 bits per heavy atom. The van der Waals surface area contributed by atoms with Crippen molar-refractivity contribution in [2.75, 3.05) is 0 Å². The van der Waals surface area contributed by atoms with Crippen molar-refractivity contribution in [2.24, 2.45) is 0 Å². The van der Waals surface area contributed by atoms with Crippen molar-refractivity contribution in [2.45, 2.75) is 0 Å². The van der Waals surface area contributed by atoms with E-state index in [1.165, 1.54) is 21.2 Å². The maximum absolute atomic E-state index is 6.16. The largest absolute Gasteiger partial charge is 0.436 e. The first-order valence-corrected chi connectivity index (χ1v) is 13.7. The SMILES string of the molecule is c1ccc(-c2ccc(-c3cccs3)c(-n3c4ccccc4c4ccc(-c5nc6ccccc6o5)cc43)c2)nc1. The molecule has 0 fully saturated rings. The van der Waals surface area contributed by atoms with Gasteiger partial charge in [0, 0.05) is 38.5 Å². The van der Waals surface area contributed by atoms with Gasteiger partial charge in [0.05, 0.1) is 22.4 Å². The molecule has 4 aromatic heterocycles. The number of hydrogen-bond donors (Lipinski definition) is 0. The van der Waals surface area contributed by atoms with Crippen LogP contribution in [-0.4, -0.2) is 14.5 Å². The van der Waals surface area contributed by atoms with Crippen molar-refractivity contribution in [3.8, 4) is 38.8 Å². The molecule has 0 saturated heterocycles. The summed E-state index contributed by atoms with van der Waals surface area (Å²) in [5.74, 6) is 0.621. The van der Waals surface area contributed by atoms with E-state index >= 15 is 0 Å². The van der Waals surface area contributed by atoms with Crippen LogP contribution in [-0.2, 0) is 0 Å². The standard InChI is InChI=1S/C34H21N3OS/c1-3-11-29-24(8-1)25-16-15-23(34-36-28-10-2-4-12-32(28)38-34)21-30(25)37(29)31-20-22(27-9-5-6-18-35-27)14-17-26(31)33-13-7-19-39-33/h1-21H.